The van der Waals surface area contributed by atoms with Crippen LogP contribution < -0.4 is 29.6 Å². The van der Waals surface area contributed by atoms with E-state index < -0.39 is 20.8 Å². The van der Waals surface area contributed by atoms with Crippen molar-refractivity contribution in [2.24, 2.45) is 0 Å². The summed E-state index contributed by atoms with van der Waals surface area (Å²) < 4.78 is 31.2. The number of benzene rings is 1. The summed E-state index contributed by atoms with van der Waals surface area (Å²) in [4.78, 5) is 9.66. The molecule has 0 unspecified atom stereocenters. The molecular formula is C7H5ClNNaO5S. The van der Waals surface area contributed by atoms with E-state index in [4.69, 9.17) is 11.6 Å². The van der Waals surface area contributed by atoms with Crippen LogP contribution in [0.4, 0.5) is 5.69 Å². The molecule has 0 amide bonds. The summed E-state index contributed by atoms with van der Waals surface area (Å²) in [6.07, 6.45) is 0. The van der Waals surface area contributed by atoms with E-state index in [-0.39, 0.29) is 45.8 Å². The summed E-state index contributed by atoms with van der Waals surface area (Å²) >= 11 is 5.51. The third kappa shape index (κ3) is 4.77. The molecule has 0 fully saturated rings. The first kappa shape index (κ1) is 15.8. The van der Waals surface area contributed by atoms with Crippen molar-refractivity contribution in [1.82, 2.24) is 0 Å². The monoisotopic (exact) mass is 273 g/mol. The maximum Gasteiger partial charge on any atom is 1.00 e. The van der Waals surface area contributed by atoms with Crippen LogP contribution in [0.1, 0.15) is 5.56 Å². The summed E-state index contributed by atoms with van der Waals surface area (Å²) in [6, 6.07) is 3.33. The normalized spacial score (nSPS) is 10.6. The van der Waals surface area contributed by atoms with E-state index in [1.807, 2.05) is 0 Å². The minimum absolute atomic E-state index is 0. The average Bonchev–Trinajstić information content (AvgIpc) is 1.99. The second kappa shape index (κ2) is 5.95. The van der Waals surface area contributed by atoms with Gasteiger partial charge in [0.15, 0.2) is 0 Å². The summed E-state index contributed by atoms with van der Waals surface area (Å²) in [5.41, 5.74) is -0.204. The number of halogens is 1. The van der Waals surface area contributed by atoms with E-state index in [0.717, 1.165) is 12.1 Å². The molecule has 0 saturated carbocycles. The molecule has 0 atom stereocenters. The molecule has 0 spiro atoms. The molecule has 0 bridgehead atoms. The molecule has 0 saturated heterocycles. The molecular weight excluding hydrogens is 269 g/mol. The number of nitro groups is 1. The summed E-state index contributed by atoms with van der Waals surface area (Å²) in [5.74, 6) is -0.731. The zero-order valence-corrected chi connectivity index (χ0v) is 11.8. The first-order valence-corrected chi connectivity index (χ1v) is 5.61. The van der Waals surface area contributed by atoms with Crippen LogP contribution in [-0.2, 0) is 15.9 Å². The van der Waals surface area contributed by atoms with Gasteiger partial charge in [0.05, 0.1) is 20.8 Å². The molecule has 1 aromatic carbocycles. The molecule has 16 heavy (non-hydrogen) atoms. The molecule has 0 radical (unpaired) electrons. The van der Waals surface area contributed by atoms with Crippen LogP contribution in [0.15, 0.2) is 18.2 Å². The van der Waals surface area contributed by atoms with Gasteiger partial charge in [0, 0.05) is 6.07 Å². The van der Waals surface area contributed by atoms with E-state index in [2.05, 4.69) is 0 Å². The van der Waals surface area contributed by atoms with Gasteiger partial charge in [-0.2, -0.15) is 0 Å². The van der Waals surface area contributed by atoms with Crippen molar-refractivity contribution in [1.29, 1.82) is 0 Å². The van der Waals surface area contributed by atoms with E-state index in [1.165, 1.54) is 6.07 Å². The third-order valence-electron chi connectivity index (χ3n) is 1.55. The van der Waals surface area contributed by atoms with Gasteiger partial charge in [-0.25, -0.2) is 8.42 Å². The molecule has 0 heterocycles. The Morgan fingerprint density at radius 3 is 2.31 bits per heavy atom. The van der Waals surface area contributed by atoms with Crippen LogP contribution in [-0.4, -0.2) is 17.9 Å². The molecule has 0 aromatic heterocycles. The zero-order valence-electron chi connectivity index (χ0n) is 8.21. The number of nitro benzene ring substituents is 1. The van der Waals surface area contributed by atoms with Crippen molar-refractivity contribution in [2.75, 3.05) is 0 Å². The average molecular weight is 274 g/mol. The van der Waals surface area contributed by atoms with Gasteiger partial charge in [0.25, 0.3) is 5.69 Å². The number of nitrogens with zero attached hydrogens (tertiary/aromatic N) is 1. The Labute approximate surface area is 119 Å². The van der Waals surface area contributed by atoms with Gasteiger partial charge < -0.3 is 4.55 Å². The van der Waals surface area contributed by atoms with E-state index in [1.54, 1.807) is 0 Å². The van der Waals surface area contributed by atoms with Crippen molar-refractivity contribution in [3.8, 4) is 0 Å². The maximum atomic E-state index is 10.4. The summed E-state index contributed by atoms with van der Waals surface area (Å²) in [5, 5.41) is 10.2. The smallest absolute Gasteiger partial charge is 0.748 e. The summed E-state index contributed by atoms with van der Waals surface area (Å²) in [6.45, 7) is 0. The largest absolute Gasteiger partial charge is 1.00 e. The quantitative estimate of drug-likeness (QED) is 0.283. The Kier molecular flexibility index (Phi) is 5.88. The van der Waals surface area contributed by atoms with E-state index in [9.17, 15) is 23.1 Å². The number of hydrogen-bond acceptors (Lipinski definition) is 5. The van der Waals surface area contributed by atoms with Crippen molar-refractivity contribution in [3.63, 3.8) is 0 Å². The molecule has 6 nitrogen and oxygen atoms in total. The standard InChI is InChI=1S/C7H6ClNO5S.Na/c8-6-3-5(4-15(12,13)14)1-2-7(6)9(10)11;/h1-3H,4H2,(H,12,13,14);/q;+1/p-1. The van der Waals surface area contributed by atoms with Crippen LogP contribution in [0.3, 0.4) is 0 Å². The van der Waals surface area contributed by atoms with Crippen LogP contribution in [0.5, 0.6) is 0 Å². The van der Waals surface area contributed by atoms with Gasteiger partial charge in [-0.05, 0) is 11.6 Å². The second-order valence-corrected chi connectivity index (χ2v) is 4.56. The van der Waals surface area contributed by atoms with Crippen LogP contribution in [0.2, 0.25) is 5.02 Å². The molecule has 1 aromatic rings. The van der Waals surface area contributed by atoms with Crippen LogP contribution >= 0.6 is 11.6 Å². The van der Waals surface area contributed by atoms with E-state index in [0.29, 0.717) is 0 Å². The van der Waals surface area contributed by atoms with Gasteiger partial charge in [-0.15, -0.1) is 0 Å². The fourth-order valence-electron chi connectivity index (χ4n) is 0.992. The minimum atomic E-state index is -4.41. The van der Waals surface area contributed by atoms with Gasteiger partial charge in [0.2, 0.25) is 0 Å². The molecule has 1 rings (SSSR count). The van der Waals surface area contributed by atoms with Gasteiger partial charge >= 0.3 is 29.6 Å². The van der Waals surface area contributed by atoms with Crippen LogP contribution in [0, 0.1) is 10.1 Å². The van der Waals surface area contributed by atoms with Gasteiger partial charge in [-0.3, -0.25) is 10.1 Å². The first-order valence-electron chi connectivity index (χ1n) is 3.66. The van der Waals surface area contributed by atoms with Crippen molar-refractivity contribution < 1.29 is 47.5 Å². The molecule has 0 aliphatic heterocycles. The predicted octanol–water partition coefficient (Wildman–Crippen LogP) is -1.70. The predicted molar refractivity (Wildman–Crippen MR) is 51.5 cm³/mol. The first-order chi connectivity index (χ1) is 6.79. The number of hydrogen-bond donors (Lipinski definition) is 0. The fraction of sp³-hybridized carbons (Fsp3) is 0.143. The molecule has 82 valence electrons. The molecule has 0 N–H and O–H groups in total. The maximum absolute atomic E-state index is 10.4. The zero-order chi connectivity index (χ0) is 11.6. The van der Waals surface area contributed by atoms with Gasteiger partial charge in [0.1, 0.15) is 5.02 Å². The van der Waals surface area contributed by atoms with Crippen molar-refractivity contribution in [3.05, 3.63) is 38.9 Å². The Morgan fingerprint density at radius 2 is 1.94 bits per heavy atom. The summed E-state index contributed by atoms with van der Waals surface area (Å²) in [7, 11) is -4.41. The van der Waals surface area contributed by atoms with Gasteiger partial charge in [-0.1, -0.05) is 17.7 Å². The Hall–Kier alpha value is -0.180. The molecule has 0 aliphatic carbocycles. The Balaban J connectivity index is 0.00000225. The molecule has 9 heteroatoms. The SMILES string of the molecule is O=[N+]([O-])c1ccc(CS(=O)(=O)[O-])cc1Cl.[Na+]. The second-order valence-electron chi connectivity index (χ2n) is 2.74. The fourth-order valence-corrected chi connectivity index (χ4v) is 1.85. The third-order valence-corrected chi connectivity index (χ3v) is 2.54. The van der Waals surface area contributed by atoms with E-state index >= 15 is 0 Å². The van der Waals surface area contributed by atoms with Crippen molar-refractivity contribution in [2.45, 2.75) is 5.75 Å². The molecule has 0 aliphatic rings. The topological polar surface area (TPSA) is 100 Å². The Bertz CT molecular complexity index is 503. The van der Waals surface area contributed by atoms with Crippen molar-refractivity contribution >= 4 is 27.4 Å². The minimum Gasteiger partial charge on any atom is -0.748 e. The van der Waals surface area contributed by atoms with Crippen LogP contribution in [0.25, 0.3) is 0 Å². The number of rotatable bonds is 3. The Morgan fingerprint density at radius 1 is 1.38 bits per heavy atom.